The van der Waals surface area contributed by atoms with Gasteiger partial charge >= 0.3 is 0 Å². The van der Waals surface area contributed by atoms with Crippen LogP contribution in [-0.4, -0.2) is 17.5 Å². The third-order valence-corrected chi connectivity index (χ3v) is 2.85. The third-order valence-electron chi connectivity index (χ3n) is 2.07. The van der Waals surface area contributed by atoms with Crippen LogP contribution < -0.4 is 4.74 Å². The molecule has 1 heterocycles. The van der Waals surface area contributed by atoms with Gasteiger partial charge in [-0.25, -0.2) is 0 Å². The van der Waals surface area contributed by atoms with Crippen LogP contribution >= 0.6 is 23.2 Å². The number of benzene rings is 1. The Hall–Kier alpha value is -0.930. The van der Waals surface area contributed by atoms with Crippen molar-refractivity contribution in [3.63, 3.8) is 0 Å². The summed E-state index contributed by atoms with van der Waals surface area (Å²) in [4.78, 5) is 0. The molecular weight excluding hydrogens is 225 g/mol. The van der Waals surface area contributed by atoms with Crippen molar-refractivity contribution in [2.24, 2.45) is 5.16 Å². The van der Waals surface area contributed by atoms with Crippen molar-refractivity contribution in [3.05, 3.63) is 27.7 Å². The summed E-state index contributed by atoms with van der Waals surface area (Å²) in [6.45, 7) is 0.451. The predicted octanol–water partition coefficient (Wildman–Crippen LogP) is 2.95. The molecule has 2 rings (SSSR count). The number of halogens is 2. The molecule has 0 radical (unpaired) electrons. The van der Waals surface area contributed by atoms with E-state index in [0.29, 0.717) is 40.1 Å². The Kier molecular flexibility index (Phi) is 2.52. The summed E-state index contributed by atoms with van der Waals surface area (Å²) < 4.78 is 5.36. The minimum atomic E-state index is 0.366. The van der Waals surface area contributed by atoms with Gasteiger partial charge in [0.15, 0.2) is 0 Å². The summed E-state index contributed by atoms with van der Waals surface area (Å²) in [6, 6.07) is 3.39. The molecule has 14 heavy (non-hydrogen) atoms. The molecule has 1 aliphatic heterocycles. The van der Waals surface area contributed by atoms with Crippen molar-refractivity contribution in [1.29, 1.82) is 0 Å². The maximum absolute atomic E-state index is 8.75. The Bertz CT molecular complexity index is 404. The minimum Gasteiger partial charge on any atom is -0.491 e. The van der Waals surface area contributed by atoms with Crippen molar-refractivity contribution in [1.82, 2.24) is 0 Å². The van der Waals surface area contributed by atoms with Gasteiger partial charge in [0.1, 0.15) is 10.8 Å². The smallest absolute Gasteiger partial charge is 0.148 e. The van der Waals surface area contributed by atoms with Crippen LogP contribution in [0.3, 0.4) is 0 Å². The van der Waals surface area contributed by atoms with Crippen LogP contribution in [-0.2, 0) is 0 Å². The number of nitrogens with zero attached hydrogens (tertiary/aromatic N) is 1. The van der Waals surface area contributed by atoms with Gasteiger partial charge in [-0.1, -0.05) is 28.4 Å². The van der Waals surface area contributed by atoms with E-state index in [0.717, 1.165) is 0 Å². The highest BCUT2D eigenvalue weighted by Crippen LogP contribution is 2.37. The molecule has 0 aliphatic carbocycles. The Labute approximate surface area is 90.9 Å². The standard InChI is InChI=1S/C9H7Cl2NO2/c10-6-2-1-5-7(12-13)3-4-14-9(5)8(6)11/h1-2,13H,3-4H2. The topological polar surface area (TPSA) is 41.8 Å². The normalized spacial score (nSPS) is 17.7. The van der Waals surface area contributed by atoms with Crippen LogP contribution in [0.15, 0.2) is 17.3 Å². The van der Waals surface area contributed by atoms with Gasteiger partial charge < -0.3 is 9.94 Å². The number of rotatable bonds is 0. The molecule has 0 amide bonds. The fourth-order valence-electron chi connectivity index (χ4n) is 1.39. The molecule has 1 aromatic rings. The van der Waals surface area contributed by atoms with Gasteiger partial charge in [-0.3, -0.25) is 0 Å². The predicted molar refractivity (Wildman–Crippen MR) is 54.9 cm³/mol. The van der Waals surface area contributed by atoms with Gasteiger partial charge in [-0.05, 0) is 12.1 Å². The quantitative estimate of drug-likeness (QED) is 0.551. The van der Waals surface area contributed by atoms with Gasteiger partial charge in [-0.2, -0.15) is 0 Å². The SMILES string of the molecule is ON=C1CCOc2c1ccc(Cl)c2Cl. The second kappa shape index (κ2) is 3.67. The summed E-state index contributed by atoms with van der Waals surface area (Å²) in [5.41, 5.74) is 1.28. The minimum absolute atomic E-state index is 0.366. The van der Waals surface area contributed by atoms with Crippen molar-refractivity contribution < 1.29 is 9.94 Å². The van der Waals surface area contributed by atoms with Gasteiger partial charge in [0, 0.05) is 12.0 Å². The molecular formula is C9H7Cl2NO2. The molecule has 0 bridgehead atoms. The molecule has 0 atom stereocenters. The van der Waals surface area contributed by atoms with Gasteiger partial charge in [0.2, 0.25) is 0 Å². The highest BCUT2D eigenvalue weighted by molar-refractivity contribution is 6.43. The molecule has 5 heteroatoms. The van der Waals surface area contributed by atoms with Crippen LogP contribution in [0.1, 0.15) is 12.0 Å². The maximum atomic E-state index is 8.75. The van der Waals surface area contributed by atoms with Crippen LogP contribution in [0.25, 0.3) is 0 Å². The second-order valence-corrected chi connectivity index (χ2v) is 3.67. The zero-order valence-electron chi connectivity index (χ0n) is 7.13. The van der Waals surface area contributed by atoms with Crippen molar-refractivity contribution in [2.45, 2.75) is 6.42 Å². The zero-order valence-corrected chi connectivity index (χ0v) is 8.64. The molecule has 0 saturated heterocycles. The van der Waals surface area contributed by atoms with E-state index in [-0.39, 0.29) is 0 Å². The largest absolute Gasteiger partial charge is 0.491 e. The lowest BCUT2D eigenvalue weighted by atomic mass is 10.0. The lowest BCUT2D eigenvalue weighted by Crippen LogP contribution is -2.16. The zero-order chi connectivity index (χ0) is 10.1. The Morgan fingerprint density at radius 3 is 2.86 bits per heavy atom. The molecule has 0 spiro atoms. The van der Waals surface area contributed by atoms with Crippen molar-refractivity contribution >= 4 is 28.9 Å². The summed E-state index contributed by atoms with van der Waals surface area (Å²) in [6.07, 6.45) is 0.571. The number of hydrogen-bond donors (Lipinski definition) is 1. The molecule has 74 valence electrons. The highest BCUT2D eigenvalue weighted by atomic mass is 35.5. The summed E-state index contributed by atoms with van der Waals surface area (Å²) in [7, 11) is 0. The molecule has 0 unspecified atom stereocenters. The fraction of sp³-hybridized carbons (Fsp3) is 0.222. The molecule has 1 aromatic carbocycles. The van der Waals surface area contributed by atoms with E-state index in [9.17, 15) is 0 Å². The van der Waals surface area contributed by atoms with E-state index in [1.165, 1.54) is 0 Å². The van der Waals surface area contributed by atoms with Gasteiger partial charge in [0.25, 0.3) is 0 Å². The fourth-order valence-corrected chi connectivity index (χ4v) is 1.76. The average molecular weight is 232 g/mol. The summed E-state index contributed by atoms with van der Waals surface area (Å²) in [5, 5.41) is 12.7. The first-order valence-corrected chi connectivity index (χ1v) is 4.81. The van der Waals surface area contributed by atoms with E-state index in [2.05, 4.69) is 5.16 Å². The van der Waals surface area contributed by atoms with E-state index in [4.69, 9.17) is 33.1 Å². The monoisotopic (exact) mass is 231 g/mol. The summed E-state index contributed by atoms with van der Waals surface area (Å²) >= 11 is 11.8. The number of hydrogen-bond acceptors (Lipinski definition) is 3. The highest BCUT2D eigenvalue weighted by Gasteiger charge is 2.21. The molecule has 1 N–H and O–H groups in total. The molecule has 0 aromatic heterocycles. The van der Waals surface area contributed by atoms with Crippen LogP contribution in [0, 0.1) is 0 Å². The first-order valence-electron chi connectivity index (χ1n) is 4.06. The average Bonchev–Trinajstić information content (AvgIpc) is 2.23. The van der Waals surface area contributed by atoms with E-state index >= 15 is 0 Å². The van der Waals surface area contributed by atoms with Gasteiger partial charge in [0.05, 0.1) is 17.3 Å². The van der Waals surface area contributed by atoms with Crippen molar-refractivity contribution in [3.8, 4) is 5.75 Å². The van der Waals surface area contributed by atoms with Gasteiger partial charge in [-0.15, -0.1) is 0 Å². The first kappa shape index (κ1) is 9.62. The Morgan fingerprint density at radius 1 is 1.36 bits per heavy atom. The third kappa shape index (κ3) is 1.42. The number of ether oxygens (including phenoxy) is 1. The molecule has 0 fully saturated rings. The maximum Gasteiger partial charge on any atom is 0.148 e. The van der Waals surface area contributed by atoms with Crippen LogP contribution in [0.4, 0.5) is 0 Å². The molecule has 0 saturated carbocycles. The Morgan fingerprint density at radius 2 is 2.14 bits per heavy atom. The second-order valence-electron chi connectivity index (χ2n) is 2.88. The van der Waals surface area contributed by atoms with E-state index < -0.39 is 0 Å². The van der Waals surface area contributed by atoms with Crippen molar-refractivity contribution in [2.75, 3.05) is 6.61 Å². The lowest BCUT2D eigenvalue weighted by molar-refractivity contribution is 0.298. The van der Waals surface area contributed by atoms with E-state index in [1.807, 2.05) is 0 Å². The molecule has 3 nitrogen and oxygen atoms in total. The number of oxime groups is 1. The number of fused-ring (bicyclic) bond motifs is 1. The molecule has 1 aliphatic rings. The van der Waals surface area contributed by atoms with Crippen LogP contribution in [0.2, 0.25) is 10.0 Å². The Balaban J connectivity index is 2.62. The van der Waals surface area contributed by atoms with Crippen LogP contribution in [0.5, 0.6) is 5.75 Å². The first-order chi connectivity index (χ1) is 6.74. The summed E-state index contributed by atoms with van der Waals surface area (Å²) in [5.74, 6) is 0.498. The lowest BCUT2D eigenvalue weighted by Gasteiger charge is -2.19. The van der Waals surface area contributed by atoms with E-state index in [1.54, 1.807) is 12.1 Å².